The summed E-state index contributed by atoms with van der Waals surface area (Å²) >= 11 is 0. The summed E-state index contributed by atoms with van der Waals surface area (Å²) in [6.45, 7) is 1.92. The number of hydrogen-bond donors (Lipinski definition) is 2. The number of aliphatic hydroxyl groups is 1. The van der Waals surface area contributed by atoms with Gasteiger partial charge in [-0.25, -0.2) is 13.4 Å². The molecule has 2 N–H and O–H groups in total. The monoisotopic (exact) mass is 330 g/mol. The first kappa shape index (κ1) is 19.1. The van der Waals surface area contributed by atoms with Gasteiger partial charge in [0.2, 0.25) is 0 Å². The van der Waals surface area contributed by atoms with Crippen LogP contribution >= 0.6 is 0 Å². The maximum absolute atomic E-state index is 10.8. The van der Waals surface area contributed by atoms with Gasteiger partial charge in [-0.3, -0.25) is 0 Å². The number of pyridine rings is 1. The molecule has 6 nitrogen and oxygen atoms in total. The summed E-state index contributed by atoms with van der Waals surface area (Å²) in [5, 5.41) is 12.6. The van der Waals surface area contributed by atoms with Gasteiger partial charge in [0.15, 0.2) is 5.44 Å². The van der Waals surface area contributed by atoms with Crippen LogP contribution in [0.4, 0.5) is 5.82 Å². The summed E-state index contributed by atoms with van der Waals surface area (Å²) in [4.78, 5) is 4.05. The Labute approximate surface area is 151 Å². The SMILES string of the molecule is C[C@H](Nc1cc(C(O)S(=O)(=O)[O-])ccn1)c1ccccc1.[Na+]. The van der Waals surface area contributed by atoms with E-state index in [9.17, 15) is 18.1 Å². The Morgan fingerprint density at radius 3 is 2.41 bits per heavy atom. The molecule has 1 aromatic heterocycles. The van der Waals surface area contributed by atoms with Crippen LogP contribution in [0.2, 0.25) is 0 Å². The number of aliphatic hydroxyl groups excluding tert-OH is 1. The fourth-order valence-electron chi connectivity index (χ4n) is 1.89. The van der Waals surface area contributed by atoms with Crippen molar-refractivity contribution in [1.82, 2.24) is 4.98 Å². The largest absolute Gasteiger partial charge is 1.00 e. The molecule has 2 aromatic rings. The topological polar surface area (TPSA) is 102 Å². The first-order chi connectivity index (χ1) is 9.88. The second-order valence-corrected chi connectivity index (χ2v) is 6.03. The molecule has 0 saturated carbocycles. The van der Waals surface area contributed by atoms with Crippen LogP contribution in [-0.2, 0) is 10.1 Å². The molecule has 0 fully saturated rings. The first-order valence-electron chi connectivity index (χ1n) is 6.28. The predicted octanol–water partition coefficient (Wildman–Crippen LogP) is -1.21. The van der Waals surface area contributed by atoms with Crippen LogP contribution < -0.4 is 34.9 Å². The van der Waals surface area contributed by atoms with Gasteiger partial charge in [-0.2, -0.15) is 0 Å². The molecule has 22 heavy (non-hydrogen) atoms. The molecule has 0 aliphatic carbocycles. The van der Waals surface area contributed by atoms with Crippen LogP contribution in [0.15, 0.2) is 48.7 Å². The van der Waals surface area contributed by atoms with Gasteiger partial charge in [0, 0.05) is 12.2 Å². The number of nitrogens with one attached hydrogen (secondary N) is 1. The van der Waals surface area contributed by atoms with Gasteiger partial charge < -0.3 is 15.0 Å². The van der Waals surface area contributed by atoms with Crippen LogP contribution in [0.25, 0.3) is 0 Å². The molecule has 1 unspecified atom stereocenters. The Morgan fingerprint density at radius 1 is 1.18 bits per heavy atom. The summed E-state index contributed by atoms with van der Waals surface area (Å²) in [7, 11) is -4.80. The van der Waals surface area contributed by atoms with Crippen molar-refractivity contribution in [2.24, 2.45) is 0 Å². The minimum absolute atomic E-state index is 0. The van der Waals surface area contributed by atoms with E-state index in [0.29, 0.717) is 5.82 Å². The number of anilines is 1. The van der Waals surface area contributed by atoms with Gasteiger partial charge in [0.25, 0.3) is 0 Å². The standard InChI is InChI=1S/C14H16N2O4S.Na/c1-10(11-5-3-2-4-6-11)16-13-9-12(7-8-15-13)14(17)21(18,19)20;/h2-10,14,17H,1H3,(H,15,16)(H,18,19,20);/q;+1/p-1/t10-,14?;/m0./s1. The summed E-state index contributed by atoms with van der Waals surface area (Å²) in [6.07, 6.45) is 1.34. The molecule has 8 heteroatoms. The van der Waals surface area contributed by atoms with Crippen LogP contribution in [0, 0.1) is 0 Å². The normalized spacial score (nSPS) is 13.8. The first-order valence-corrected chi connectivity index (χ1v) is 7.75. The molecular weight excluding hydrogens is 315 g/mol. The van der Waals surface area contributed by atoms with Crippen molar-refractivity contribution in [3.63, 3.8) is 0 Å². The Morgan fingerprint density at radius 2 is 1.82 bits per heavy atom. The van der Waals surface area contributed by atoms with Crippen LogP contribution in [0.5, 0.6) is 0 Å². The van der Waals surface area contributed by atoms with E-state index in [2.05, 4.69) is 10.3 Å². The average molecular weight is 330 g/mol. The van der Waals surface area contributed by atoms with Gasteiger partial charge in [0.05, 0.1) is 0 Å². The zero-order chi connectivity index (χ0) is 15.5. The van der Waals surface area contributed by atoms with Gasteiger partial charge in [-0.05, 0) is 30.2 Å². The molecule has 0 aliphatic rings. The minimum atomic E-state index is -4.80. The second kappa shape index (κ2) is 8.05. The van der Waals surface area contributed by atoms with Crippen molar-refractivity contribution in [3.05, 3.63) is 59.8 Å². The molecule has 0 amide bonds. The molecule has 1 heterocycles. The second-order valence-electron chi connectivity index (χ2n) is 4.60. The maximum Gasteiger partial charge on any atom is 1.00 e. The maximum atomic E-state index is 10.8. The molecule has 1 aromatic carbocycles. The van der Waals surface area contributed by atoms with Crippen molar-refractivity contribution in [2.45, 2.75) is 18.4 Å². The zero-order valence-electron chi connectivity index (χ0n) is 12.3. The molecule has 2 atom stereocenters. The fraction of sp³-hybridized carbons (Fsp3) is 0.214. The number of hydrogen-bond acceptors (Lipinski definition) is 6. The summed E-state index contributed by atoms with van der Waals surface area (Å²) in [5.74, 6) is 0.381. The quantitative estimate of drug-likeness (QED) is 0.527. The molecule has 0 saturated heterocycles. The van der Waals surface area contributed by atoms with E-state index >= 15 is 0 Å². The zero-order valence-corrected chi connectivity index (χ0v) is 15.1. The van der Waals surface area contributed by atoms with Crippen molar-refractivity contribution in [1.29, 1.82) is 0 Å². The number of nitrogens with zero attached hydrogens (tertiary/aromatic N) is 1. The van der Waals surface area contributed by atoms with Crippen LogP contribution in [-0.4, -0.2) is 23.1 Å². The van der Waals surface area contributed by atoms with Crippen molar-refractivity contribution in [2.75, 3.05) is 5.32 Å². The van der Waals surface area contributed by atoms with Crippen LogP contribution in [0.3, 0.4) is 0 Å². The summed E-state index contributed by atoms with van der Waals surface area (Å²) < 4.78 is 32.5. The van der Waals surface area contributed by atoms with E-state index in [1.54, 1.807) is 0 Å². The summed E-state index contributed by atoms with van der Waals surface area (Å²) in [5.41, 5.74) is -1.07. The van der Waals surface area contributed by atoms with Crippen molar-refractivity contribution >= 4 is 15.9 Å². The Kier molecular flexibility index (Phi) is 6.98. The van der Waals surface area contributed by atoms with Gasteiger partial charge in [0.1, 0.15) is 15.9 Å². The third-order valence-corrected chi connectivity index (χ3v) is 3.83. The third kappa shape index (κ3) is 5.05. The number of rotatable bonds is 5. The van der Waals surface area contributed by atoms with Crippen LogP contribution in [0.1, 0.15) is 29.5 Å². The third-order valence-electron chi connectivity index (χ3n) is 3.01. The number of benzene rings is 1. The Hall–Kier alpha value is -0.960. The Balaban J connectivity index is 0.00000242. The smallest absolute Gasteiger partial charge is 0.746 e. The van der Waals surface area contributed by atoms with Gasteiger partial charge in [-0.15, -0.1) is 0 Å². The molecule has 112 valence electrons. The summed E-state index contributed by atoms with van der Waals surface area (Å²) in [6, 6.07) is 12.2. The average Bonchev–Trinajstić information content (AvgIpc) is 2.46. The van der Waals surface area contributed by atoms with E-state index in [1.807, 2.05) is 37.3 Å². The number of aromatic nitrogens is 1. The molecule has 0 aliphatic heterocycles. The van der Waals surface area contributed by atoms with E-state index in [4.69, 9.17) is 0 Å². The molecule has 2 rings (SSSR count). The van der Waals surface area contributed by atoms with Gasteiger partial charge in [-0.1, -0.05) is 30.3 Å². The minimum Gasteiger partial charge on any atom is -0.746 e. The van der Waals surface area contributed by atoms with E-state index in [1.165, 1.54) is 18.3 Å². The molecule has 0 radical (unpaired) electrons. The van der Waals surface area contributed by atoms with Crippen molar-refractivity contribution < 1.29 is 47.6 Å². The van der Waals surface area contributed by atoms with Gasteiger partial charge >= 0.3 is 29.6 Å². The molecule has 0 bridgehead atoms. The van der Waals surface area contributed by atoms with E-state index < -0.39 is 15.6 Å². The molecule has 0 spiro atoms. The van der Waals surface area contributed by atoms with Crippen molar-refractivity contribution in [3.8, 4) is 0 Å². The Bertz CT molecular complexity index is 710. The predicted molar refractivity (Wildman–Crippen MR) is 77.4 cm³/mol. The fourth-order valence-corrected chi connectivity index (χ4v) is 2.37. The van der Waals surface area contributed by atoms with E-state index in [-0.39, 0.29) is 41.2 Å². The van der Waals surface area contributed by atoms with E-state index in [0.717, 1.165) is 5.56 Å². The molecular formula is C14H15N2NaO4S.